The molecule has 5 nitrogen and oxygen atoms in total. The quantitative estimate of drug-likeness (QED) is 0.634. The van der Waals surface area contributed by atoms with Gasteiger partial charge in [-0.1, -0.05) is 0 Å². The lowest BCUT2D eigenvalue weighted by molar-refractivity contribution is -0.146. The molecule has 0 aliphatic carbocycles. The van der Waals surface area contributed by atoms with Gasteiger partial charge in [-0.2, -0.15) is 0 Å². The average molecular weight is 245 g/mol. The van der Waals surface area contributed by atoms with Crippen molar-refractivity contribution in [3.63, 3.8) is 0 Å². The SMILES string of the molecule is CC(C)OCCCC(=O)NCC(C)(C)C(=O)O. The third-order valence-corrected chi connectivity index (χ3v) is 2.31. The summed E-state index contributed by atoms with van der Waals surface area (Å²) in [4.78, 5) is 22.2. The summed E-state index contributed by atoms with van der Waals surface area (Å²) in [6.07, 6.45) is 1.18. The van der Waals surface area contributed by atoms with E-state index in [1.54, 1.807) is 13.8 Å². The predicted octanol–water partition coefficient (Wildman–Crippen LogP) is 1.42. The molecular formula is C12H23NO4. The maximum atomic E-state index is 11.4. The van der Waals surface area contributed by atoms with Crippen LogP contribution in [0.4, 0.5) is 0 Å². The second-order valence-corrected chi connectivity index (χ2v) is 4.99. The first-order valence-electron chi connectivity index (χ1n) is 5.87. The molecule has 0 saturated heterocycles. The molecule has 0 rings (SSSR count). The van der Waals surface area contributed by atoms with Crippen LogP contribution in [-0.4, -0.2) is 36.2 Å². The zero-order valence-corrected chi connectivity index (χ0v) is 11.1. The first-order chi connectivity index (χ1) is 7.75. The van der Waals surface area contributed by atoms with E-state index >= 15 is 0 Å². The Labute approximate surface area is 103 Å². The lowest BCUT2D eigenvalue weighted by Crippen LogP contribution is -2.38. The molecule has 100 valence electrons. The third kappa shape index (κ3) is 7.74. The third-order valence-electron chi connectivity index (χ3n) is 2.31. The highest BCUT2D eigenvalue weighted by molar-refractivity contribution is 5.78. The number of aliphatic carboxylic acids is 1. The van der Waals surface area contributed by atoms with Crippen molar-refractivity contribution in [1.82, 2.24) is 5.32 Å². The molecule has 0 radical (unpaired) electrons. The maximum absolute atomic E-state index is 11.4. The summed E-state index contributed by atoms with van der Waals surface area (Å²) in [5.74, 6) is -1.05. The Balaban J connectivity index is 3.70. The van der Waals surface area contributed by atoms with E-state index in [1.807, 2.05) is 13.8 Å². The summed E-state index contributed by atoms with van der Waals surface area (Å²) in [5.41, 5.74) is -0.926. The number of carboxylic acid groups (broad SMARTS) is 1. The van der Waals surface area contributed by atoms with Crippen molar-refractivity contribution in [2.75, 3.05) is 13.2 Å². The van der Waals surface area contributed by atoms with Gasteiger partial charge >= 0.3 is 5.97 Å². The van der Waals surface area contributed by atoms with E-state index in [0.717, 1.165) is 0 Å². The molecule has 0 heterocycles. The summed E-state index contributed by atoms with van der Waals surface area (Å²) in [5, 5.41) is 11.5. The molecule has 0 aliphatic rings. The number of rotatable bonds is 8. The van der Waals surface area contributed by atoms with Crippen LogP contribution in [-0.2, 0) is 14.3 Å². The molecule has 0 unspecified atom stereocenters. The number of carbonyl (C=O) groups excluding carboxylic acids is 1. The van der Waals surface area contributed by atoms with Crippen molar-refractivity contribution in [3.05, 3.63) is 0 Å². The fraction of sp³-hybridized carbons (Fsp3) is 0.833. The number of carbonyl (C=O) groups is 2. The van der Waals surface area contributed by atoms with Crippen LogP contribution in [0.25, 0.3) is 0 Å². The van der Waals surface area contributed by atoms with E-state index in [9.17, 15) is 9.59 Å². The Hall–Kier alpha value is -1.10. The minimum absolute atomic E-state index is 0.133. The summed E-state index contributed by atoms with van der Waals surface area (Å²) in [6.45, 7) is 7.74. The summed E-state index contributed by atoms with van der Waals surface area (Å²) < 4.78 is 5.30. The summed E-state index contributed by atoms with van der Waals surface area (Å²) in [7, 11) is 0. The topological polar surface area (TPSA) is 75.6 Å². The average Bonchev–Trinajstić information content (AvgIpc) is 2.21. The van der Waals surface area contributed by atoms with Gasteiger partial charge in [0, 0.05) is 19.6 Å². The number of hydrogen-bond acceptors (Lipinski definition) is 3. The van der Waals surface area contributed by atoms with E-state index in [2.05, 4.69) is 5.32 Å². The van der Waals surface area contributed by atoms with Crippen molar-refractivity contribution in [2.24, 2.45) is 5.41 Å². The molecule has 0 fully saturated rings. The molecule has 1 amide bonds. The molecule has 5 heteroatoms. The number of carboxylic acids is 1. The number of ether oxygens (including phenoxy) is 1. The Morgan fingerprint density at radius 1 is 1.35 bits per heavy atom. The molecule has 17 heavy (non-hydrogen) atoms. The second kappa shape index (κ2) is 7.27. The maximum Gasteiger partial charge on any atom is 0.310 e. The molecular weight excluding hydrogens is 222 g/mol. The summed E-state index contributed by atoms with van der Waals surface area (Å²) >= 11 is 0. The Kier molecular flexibility index (Phi) is 6.80. The first kappa shape index (κ1) is 15.9. The minimum Gasteiger partial charge on any atom is -0.481 e. The van der Waals surface area contributed by atoms with Crippen LogP contribution in [0, 0.1) is 5.41 Å². The second-order valence-electron chi connectivity index (χ2n) is 4.99. The van der Waals surface area contributed by atoms with Crippen molar-refractivity contribution in [1.29, 1.82) is 0 Å². The fourth-order valence-corrected chi connectivity index (χ4v) is 1.04. The van der Waals surface area contributed by atoms with Crippen LogP contribution in [0.1, 0.15) is 40.5 Å². The monoisotopic (exact) mass is 245 g/mol. The molecule has 0 spiro atoms. The van der Waals surface area contributed by atoms with Gasteiger partial charge in [0.2, 0.25) is 5.91 Å². The minimum atomic E-state index is -0.926. The Morgan fingerprint density at radius 2 is 1.94 bits per heavy atom. The van der Waals surface area contributed by atoms with Crippen LogP contribution >= 0.6 is 0 Å². The number of hydrogen-bond donors (Lipinski definition) is 2. The van der Waals surface area contributed by atoms with Gasteiger partial charge in [0.15, 0.2) is 0 Å². The highest BCUT2D eigenvalue weighted by Crippen LogP contribution is 2.13. The Morgan fingerprint density at radius 3 is 2.41 bits per heavy atom. The molecule has 0 bridgehead atoms. The molecule has 0 aliphatic heterocycles. The van der Waals surface area contributed by atoms with E-state index < -0.39 is 11.4 Å². The smallest absolute Gasteiger partial charge is 0.310 e. The fourth-order valence-electron chi connectivity index (χ4n) is 1.04. The van der Waals surface area contributed by atoms with E-state index in [0.29, 0.717) is 19.4 Å². The zero-order valence-electron chi connectivity index (χ0n) is 11.1. The van der Waals surface area contributed by atoms with Crippen LogP contribution in [0.15, 0.2) is 0 Å². The highest BCUT2D eigenvalue weighted by Gasteiger charge is 2.27. The van der Waals surface area contributed by atoms with Crippen molar-refractivity contribution < 1.29 is 19.4 Å². The molecule has 0 aromatic carbocycles. The molecule has 0 aromatic rings. The van der Waals surface area contributed by atoms with Gasteiger partial charge in [0.25, 0.3) is 0 Å². The van der Waals surface area contributed by atoms with Gasteiger partial charge in [-0.05, 0) is 34.1 Å². The van der Waals surface area contributed by atoms with Gasteiger partial charge < -0.3 is 15.2 Å². The standard InChI is InChI=1S/C12H23NO4/c1-9(2)17-7-5-6-10(14)13-8-12(3,4)11(15)16/h9H,5-8H2,1-4H3,(H,13,14)(H,15,16). The van der Waals surface area contributed by atoms with E-state index in [-0.39, 0.29) is 18.6 Å². The summed E-state index contributed by atoms with van der Waals surface area (Å²) in [6, 6.07) is 0. The van der Waals surface area contributed by atoms with Crippen molar-refractivity contribution in [3.8, 4) is 0 Å². The van der Waals surface area contributed by atoms with Crippen LogP contribution < -0.4 is 5.32 Å². The Bertz CT molecular complexity index is 261. The number of amides is 1. The lowest BCUT2D eigenvalue weighted by atomic mass is 9.94. The molecule has 0 saturated carbocycles. The largest absolute Gasteiger partial charge is 0.481 e. The van der Waals surface area contributed by atoms with Gasteiger partial charge in [-0.15, -0.1) is 0 Å². The van der Waals surface area contributed by atoms with Crippen LogP contribution in [0.5, 0.6) is 0 Å². The number of nitrogens with one attached hydrogen (secondary N) is 1. The van der Waals surface area contributed by atoms with Gasteiger partial charge in [0.1, 0.15) is 0 Å². The van der Waals surface area contributed by atoms with Crippen LogP contribution in [0.2, 0.25) is 0 Å². The molecule has 0 aromatic heterocycles. The highest BCUT2D eigenvalue weighted by atomic mass is 16.5. The van der Waals surface area contributed by atoms with E-state index in [4.69, 9.17) is 9.84 Å². The first-order valence-corrected chi connectivity index (χ1v) is 5.87. The van der Waals surface area contributed by atoms with E-state index in [1.165, 1.54) is 0 Å². The van der Waals surface area contributed by atoms with Gasteiger partial charge in [0.05, 0.1) is 11.5 Å². The van der Waals surface area contributed by atoms with Crippen molar-refractivity contribution in [2.45, 2.75) is 46.6 Å². The van der Waals surface area contributed by atoms with Crippen LogP contribution in [0.3, 0.4) is 0 Å². The molecule has 2 N–H and O–H groups in total. The normalized spacial score (nSPS) is 11.6. The van der Waals surface area contributed by atoms with Gasteiger partial charge in [-0.3, -0.25) is 9.59 Å². The molecule has 0 atom stereocenters. The predicted molar refractivity (Wildman–Crippen MR) is 64.7 cm³/mol. The zero-order chi connectivity index (χ0) is 13.5. The lowest BCUT2D eigenvalue weighted by Gasteiger charge is -2.19. The van der Waals surface area contributed by atoms with Gasteiger partial charge in [-0.25, -0.2) is 0 Å². The van der Waals surface area contributed by atoms with Crippen molar-refractivity contribution >= 4 is 11.9 Å².